The fraction of sp³-hybridized carbons (Fsp3) is 0.391. The predicted octanol–water partition coefficient (Wildman–Crippen LogP) is 3.98. The van der Waals surface area contributed by atoms with Crippen LogP contribution in [0.3, 0.4) is 0 Å². The van der Waals surface area contributed by atoms with E-state index >= 15 is 0 Å². The van der Waals surface area contributed by atoms with Gasteiger partial charge in [0.2, 0.25) is 11.8 Å². The highest BCUT2D eigenvalue weighted by atomic mass is 33.1. The van der Waals surface area contributed by atoms with Crippen molar-refractivity contribution in [1.82, 2.24) is 9.88 Å². The SMILES string of the molecule is CC(SSc1ccccn1)c1ccc(NCCCCC(C(=O)O)(N2C(=O)CCC2=O)S(=O)(=O)O)cc1. The molecular weight excluding hydrogens is 526 g/mol. The van der Waals surface area contributed by atoms with Gasteiger partial charge in [0.05, 0.1) is 0 Å². The molecule has 2 unspecified atom stereocenters. The maximum absolute atomic E-state index is 12.1. The summed E-state index contributed by atoms with van der Waals surface area (Å²) in [6, 6.07) is 13.6. The fourth-order valence-corrected chi connectivity index (χ4v) is 6.98. The molecule has 10 nitrogen and oxygen atoms in total. The van der Waals surface area contributed by atoms with Gasteiger partial charge < -0.3 is 10.4 Å². The van der Waals surface area contributed by atoms with Crippen molar-refractivity contribution in [2.45, 2.75) is 54.2 Å². The molecule has 0 radical (unpaired) electrons. The monoisotopic (exact) mass is 553 g/mol. The summed E-state index contributed by atoms with van der Waals surface area (Å²) in [5.41, 5.74) is 1.96. The minimum Gasteiger partial charge on any atom is -0.479 e. The second-order valence-electron chi connectivity index (χ2n) is 8.18. The van der Waals surface area contributed by atoms with E-state index < -0.39 is 39.2 Å². The molecule has 2 atom stereocenters. The Morgan fingerprint density at radius 1 is 1.14 bits per heavy atom. The number of hydrogen-bond acceptors (Lipinski definition) is 9. The zero-order chi connectivity index (χ0) is 26.3. The fourth-order valence-electron chi connectivity index (χ4n) is 3.82. The molecule has 2 aromatic rings. The molecule has 2 heterocycles. The second kappa shape index (κ2) is 12.1. The summed E-state index contributed by atoms with van der Waals surface area (Å²) in [4.78, 5) is 37.6. The van der Waals surface area contributed by atoms with Gasteiger partial charge in [0.1, 0.15) is 5.03 Å². The number of aliphatic carboxylic acids is 1. The third kappa shape index (κ3) is 6.38. The molecule has 0 aliphatic carbocycles. The molecule has 194 valence electrons. The highest BCUT2D eigenvalue weighted by Crippen LogP contribution is 2.41. The van der Waals surface area contributed by atoms with E-state index in [0.717, 1.165) is 16.3 Å². The Morgan fingerprint density at radius 3 is 2.36 bits per heavy atom. The third-order valence-electron chi connectivity index (χ3n) is 5.74. The Morgan fingerprint density at radius 2 is 1.81 bits per heavy atom. The Kier molecular flexibility index (Phi) is 9.39. The van der Waals surface area contributed by atoms with Crippen molar-refractivity contribution < 1.29 is 32.5 Å². The van der Waals surface area contributed by atoms with E-state index in [0.29, 0.717) is 13.0 Å². The van der Waals surface area contributed by atoms with Crippen LogP contribution in [0.25, 0.3) is 0 Å². The number of nitrogens with zero attached hydrogens (tertiary/aromatic N) is 2. The number of benzene rings is 1. The zero-order valence-corrected chi connectivity index (χ0v) is 21.9. The topological polar surface area (TPSA) is 154 Å². The van der Waals surface area contributed by atoms with Crippen molar-refractivity contribution in [3.05, 3.63) is 54.2 Å². The van der Waals surface area contributed by atoms with Crippen LogP contribution in [-0.2, 0) is 24.5 Å². The van der Waals surface area contributed by atoms with Crippen LogP contribution in [0.4, 0.5) is 5.69 Å². The molecule has 2 amide bonds. The van der Waals surface area contributed by atoms with Crippen molar-refractivity contribution in [1.29, 1.82) is 0 Å². The van der Waals surface area contributed by atoms with Gasteiger partial charge in [0.25, 0.3) is 4.87 Å². The van der Waals surface area contributed by atoms with E-state index in [2.05, 4.69) is 17.2 Å². The van der Waals surface area contributed by atoms with Gasteiger partial charge in [-0.2, -0.15) is 8.42 Å². The molecule has 1 saturated heterocycles. The smallest absolute Gasteiger partial charge is 0.348 e. The minimum absolute atomic E-state index is 0.0344. The number of unbranched alkanes of at least 4 members (excludes halogenated alkanes) is 1. The molecule has 0 bridgehead atoms. The van der Waals surface area contributed by atoms with Crippen LogP contribution in [0.5, 0.6) is 0 Å². The first-order valence-corrected chi connectivity index (χ1v) is 14.9. The summed E-state index contributed by atoms with van der Waals surface area (Å²) in [7, 11) is -2.00. The number of nitrogens with one attached hydrogen (secondary N) is 1. The predicted molar refractivity (Wildman–Crippen MR) is 138 cm³/mol. The number of carbonyl (C=O) groups is 3. The molecule has 3 rings (SSSR count). The maximum Gasteiger partial charge on any atom is 0.348 e. The molecule has 1 aromatic heterocycles. The molecule has 3 N–H and O–H groups in total. The van der Waals surface area contributed by atoms with Crippen LogP contribution in [-0.4, -0.2) is 57.2 Å². The number of imide groups is 1. The summed E-state index contributed by atoms with van der Waals surface area (Å²) >= 11 is 0. The molecule has 36 heavy (non-hydrogen) atoms. The van der Waals surface area contributed by atoms with E-state index in [4.69, 9.17) is 0 Å². The lowest BCUT2D eigenvalue weighted by atomic mass is 10.1. The van der Waals surface area contributed by atoms with Gasteiger partial charge in [-0.1, -0.05) is 29.0 Å². The second-order valence-corrected chi connectivity index (χ2v) is 12.4. The highest BCUT2D eigenvalue weighted by molar-refractivity contribution is 8.76. The largest absolute Gasteiger partial charge is 0.479 e. The number of carboxylic acid groups (broad SMARTS) is 1. The van der Waals surface area contributed by atoms with Crippen LogP contribution in [0.1, 0.15) is 49.8 Å². The number of aromatic nitrogens is 1. The van der Waals surface area contributed by atoms with Gasteiger partial charge >= 0.3 is 16.1 Å². The molecular formula is C23H27N3O7S3. The maximum atomic E-state index is 12.1. The molecule has 1 fully saturated rings. The summed E-state index contributed by atoms with van der Waals surface area (Å²) in [6.07, 6.45) is 0.938. The average molecular weight is 554 g/mol. The Balaban J connectivity index is 1.52. The van der Waals surface area contributed by atoms with Crippen molar-refractivity contribution in [2.75, 3.05) is 11.9 Å². The van der Waals surface area contributed by atoms with Crippen molar-refractivity contribution >= 4 is 55.2 Å². The van der Waals surface area contributed by atoms with Crippen molar-refractivity contribution in [3.8, 4) is 0 Å². The van der Waals surface area contributed by atoms with Crippen LogP contribution in [0.15, 0.2) is 53.7 Å². The lowest BCUT2D eigenvalue weighted by Crippen LogP contribution is -2.61. The quantitative estimate of drug-likeness (QED) is 0.143. The Labute approximate surface area is 217 Å². The molecule has 1 aliphatic rings. The van der Waals surface area contributed by atoms with Crippen LogP contribution >= 0.6 is 21.6 Å². The molecule has 13 heteroatoms. The van der Waals surface area contributed by atoms with Gasteiger partial charge in [0, 0.05) is 36.5 Å². The summed E-state index contributed by atoms with van der Waals surface area (Å²) in [5.74, 6) is -3.81. The van der Waals surface area contributed by atoms with Gasteiger partial charge in [-0.3, -0.25) is 14.1 Å². The summed E-state index contributed by atoms with van der Waals surface area (Å²) in [5, 5.41) is 14.0. The van der Waals surface area contributed by atoms with Crippen LogP contribution < -0.4 is 5.32 Å². The molecule has 0 spiro atoms. The third-order valence-corrected chi connectivity index (χ3v) is 9.89. The first kappa shape index (κ1) is 28.0. The number of amides is 2. The number of rotatable bonds is 13. The van der Waals surface area contributed by atoms with Gasteiger partial charge in [-0.25, -0.2) is 14.7 Å². The Hall–Kier alpha value is -2.61. The number of pyridine rings is 1. The van der Waals surface area contributed by atoms with E-state index in [9.17, 15) is 32.5 Å². The van der Waals surface area contributed by atoms with Gasteiger partial charge in [-0.05, 0) is 66.8 Å². The standard InChI is InChI=1S/C23H27N3O7S3/c1-16(34-35-19-6-2-4-15-25-19)17-7-9-18(10-8-17)24-14-5-3-13-23(22(29)30,36(31,32)33)26-20(27)11-12-21(26)28/h2,4,6-10,15-16,24H,3,5,11-14H2,1H3,(H,29,30)(H,31,32,33). The number of likely N-dealkylation sites (tertiary alicyclic amines) is 1. The number of carbonyl (C=O) groups excluding carboxylic acids is 2. The number of hydrogen-bond donors (Lipinski definition) is 3. The van der Waals surface area contributed by atoms with Crippen molar-refractivity contribution in [2.24, 2.45) is 0 Å². The van der Waals surface area contributed by atoms with E-state index in [-0.39, 0.29) is 29.4 Å². The summed E-state index contributed by atoms with van der Waals surface area (Å²) in [6.45, 7) is 2.49. The van der Waals surface area contributed by atoms with E-state index in [1.807, 2.05) is 42.5 Å². The first-order chi connectivity index (χ1) is 17.1. The van der Waals surface area contributed by atoms with Crippen molar-refractivity contribution in [3.63, 3.8) is 0 Å². The van der Waals surface area contributed by atoms with Gasteiger partial charge in [-0.15, -0.1) is 0 Å². The van der Waals surface area contributed by atoms with E-state index in [1.165, 1.54) is 0 Å². The molecule has 1 aliphatic heterocycles. The Bertz CT molecular complexity index is 1180. The normalized spacial score (nSPS) is 16.6. The lowest BCUT2D eigenvalue weighted by molar-refractivity contribution is -0.157. The van der Waals surface area contributed by atoms with E-state index in [1.54, 1.807) is 27.8 Å². The van der Waals surface area contributed by atoms with Crippen LogP contribution in [0.2, 0.25) is 0 Å². The average Bonchev–Trinajstić information content (AvgIpc) is 3.18. The molecule has 1 aromatic carbocycles. The number of carboxylic acids is 1. The van der Waals surface area contributed by atoms with Gasteiger partial charge in [0.15, 0.2) is 0 Å². The highest BCUT2D eigenvalue weighted by Gasteiger charge is 2.60. The summed E-state index contributed by atoms with van der Waals surface area (Å²) < 4.78 is 33.9. The first-order valence-electron chi connectivity index (χ1n) is 11.2. The zero-order valence-electron chi connectivity index (χ0n) is 19.5. The minimum atomic E-state index is -5.29. The lowest BCUT2D eigenvalue weighted by Gasteiger charge is -2.33. The van der Waals surface area contributed by atoms with Crippen LogP contribution in [0, 0.1) is 0 Å². The number of anilines is 1. The molecule has 0 saturated carbocycles.